The number of carbonyl (C=O) groups is 1. The highest BCUT2D eigenvalue weighted by Crippen LogP contribution is 2.24. The number of nitrogens with one attached hydrogen (secondary N) is 1. The SMILES string of the molecule is COCCNC(=O)[C@H](C)Sc1nnc(-c2ccc(C)cc2)n1N. The van der Waals surface area contributed by atoms with Gasteiger partial charge in [-0.05, 0) is 13.8 Å². The number of methoxy groups -OCH3 is 1. The van der Waals surface area contributed by atoms with Crippen LogP contribution in [0.1, 0.15) is 12.5 Å². The number of aromatic nitrogens is 3. The second-order valence-electron chi connectivity index (χ2n) is 5.09. The molecule has 1 atom stereocenters. The van der Waals surface area contributed by atoms with Gasteiger partial charge in [0.15, 0.2) is 5.82 Å². The molecule has 1 amide bonds. The second-order valence-corrected chi connectivity index (χ2v) is 6.39. The Labute approximate surface area is 139 Å². The van der Waals surface area contributed by atoms with Crippen molar-refractivity contribution in [2.24, 2.45) is 0 Å². The molecular weight excluding hydrogens is 314 g/mol. The molecule has 2 rings (SSSR count). The van der Waals surface area contributed by atoms with Crippen LogP contribution in [0.3, 0.4) is 0 Å². The maximum Gasteiger partial charge on any atom is 0.233 e. The molecule has 0 saturated heterocycles. The molecule has 0 saturated carbocycles. The van der Waals surface area contributed by atoms with E-state index in [1.54, 1.807) is 14.0 Å². The lowest BCUT2D eigenvalue weighted by Gasteiger charge is -2.11. The molecule has 0 aliphatic heterocycles. The fraction of sp³-hybridized carbons (Fsp3) is 0.400. The number of carbonyl (C=O) groups excluding carboxylic acids is 1. The van der Waals surface area contributed by atoms with Gasteiger partial charge >= 0.3 is 0 Å². The minimum absolute atomic E-state index is 0.0908. The normalized spacial score (nSPS) is 12.1. The molecule has 0 unspecified atom stereocenters. The fourth-order valence-corrected chi connectivity index (χ4v) is 2.68. The summed E-state index contributed by atoms with van der Waals surface area (Å²) in [6, 6.07) is 7.86. The molecule has 3 N–H and O–H groups in total. The Morgan fingerprint density at radius 2 is 2.09 bits per heavy atom. The van der Waals surface area contributed by atoms with Crippen molar-refractivity contribution in [1.82, 2.24) is 20.2 Å². The average molecular weight is 335 g/mol. The minimum atomic E-state index is -0.329. The molecule has 124 valence electrons. The van der Waals surface area contributed by atoms with Gasteiger partial charge < -0.3 is 15.9 Å². The first-order valence-corrected chi connectivity index (χ1v) is 8.11. The number of hydrogen-bond acceptors (Lipinski definition) is 6. The van der Waals surface area contributed by atoms with Crippen LogP contribution in [0.4, 0.5) is 0 Å². The summed E-state index contributed by atoms with van der Waals surface area (Å²) in [6.07, 6.45) is 0. The molecule has 0 fully saturated rings. The van der Waals surface area contributed by atoms with Gasteiger partial charge in [-0.25, -0.2) is 4.68 Å². The number of nitrogens with two attached hydrogens (primary N) is 1. The smallest absolute Gasteiger partial charge is 0.233 e. The summed E-state index contributed by atoms with van der Waals surface area (Å²) >= 11 is 1.27. The summed E-state index contributed by atoms with van der Waals surface area (Å²) < 4.78 is 6.31. The number of aryl methyl sites for hydroxylation is 1. The lowest BCUT2D eigenvalue weighted by molar-refractivity contribution is -0.120. The van der Waals surface area contributed by atoms with E-state index in [1.807, 2.05) is 31.2 Å². The van der Waals surface area contributed by atoms with E-state index in [0.717, 1.165) is 11.1 Å². The number of thioether (sulfide) groups is 1. The summed E-state index contributed by atoms with van der Waals surface area (Å²) in [5, 5.41) is 11.1. The Kier molecular flexibility index (Phi) is 6.00. The molecule has 0 aliphatic carbocycles. The molecule has 23 heavy (non-hydrogen) atoms. The van der Waals surface area contributed by atoms with Gasteiger partial charge in [0.2, 0.25) is 11.1 Å². The van der Waals surface area contributed by atoms with Gasteiger partial charge in [-0.3, -0.25) is 4.79 Å². The van der Waals surface area contributed by atoms with Gasteiger partial charge in [0.1, 0.15) is 0 Å². The number of benzene rings is 1. The van der Waals surface area contributed by atoms with Crippen molar-refractivity contribution < 1.29 is 9.53 Å². The van der Waals surface area contributed by atoms with E-state index in [-0.39, 0.29) is 11.2 Å². The van der Waals surface area contributed by atoms with Crippen LogP contribution in [0.15, 0.2) is 29.4 Å². The van der Waals surface area contributed by atoms with Gasteiger partial charge in [-0.1, -0.05) is 41.6 Å². The van der Waals surface area contributed by atoms with Gasteiger partial charge in [-0.15, -0.1) is 10.2 Å². The highest BCUT2D eigenvalue weighted by molar-refractivity contribution is 8.00. The Morgan fingerprint density at radius 3 is 2.74 bits per heavy atom. The quantitative estimate of drug-likeness (QED) is 0.449. The Morgan fingerprint density at radius 1 is 1.39 bits per heavy atom. The van der Waals surface area contributed by atoms with E-state index in [2.05, 4.69) is 15.5 Å². The van der Waals surface area contributed by atoms with Gasteiger partial charge in [0.05, 0.1) is 11.9 Å². The third-order valence-corrected chi connectivity index (χ3v) is 4.29. The molecule has 0 spiro atoms. The van der Waals surface area contributed by atoms with E-state index in [4.69, 9.17) is 10.6 Å². The number of amides is 1. The Bertz CT molecular complexity index is 656. The molecule has 1 heterocycles. The van der Waals surface area contributed by atoms with Crippen LogP contribution >= 0.6 is 11.8 Å². The molecule has 0 radical (unpaired) electrons. The van der Waals surface area contributed by atoms with Crippen LogP contribution in [0.5, 0.6) is 0 Å². The van der Waals surface area contributed by atoms with E-state index in [0.29, 0.717) is 24.1 Å². The predicted molar refractivity (Wildman–Crippen MR) is 90.6 cm³/mol. The second kappa shape index (κ2) is 7.98. The van der Waals surface area contributed by atoms with E-state index >= 15 is 0 Å². The topological polar surface area (TPSA) is 95.1 Å². The number of nitrogens with zero attached hydrogens (tertiary/aromatic N) is 3. The van der Waals surface area contributed by atoms with Crippen LogP contribution in [0.2, 0.25) is 0 Å². The number of ether oxygens (including phenoxy) is 1. The molecule has 2 aromatic rings. The third kappa shape index (κ3) is 4.46. The zero-order chi connectivity index (χ0) is 16.8. The van der Waals surface area contributed by atoms with E-state index in [9.17, 15) is 4.79 Å². The summed E-state index contributed by atoms with van der Waals surface area (Å²) in [6.45, 7) is 4.77. The zero-order valence-electron chi connectivity index (χ0n) is 13.4. The fourth-order valence-electron chi connectivity index (χ4n) is 1.89. The van der Waals surface area contributed by atoms with Crippen molar-refractivity contribution in [3.63, 3.8) is 0 Å². The monoisotopic (exact) mass is 335 g/mol. The van der Waals surface area contributed by atoms with Crippen molar-refractivity contribution >= 4 is 17.7 Å². The summed E-state index contributed by atoms with van der Waals surface area (Å²) in [7, 11) is 1.59. The lowest BCUT2D eigenvalue weighted by atomic mass is 10.1. The molecule has 0 aliphatic rings. The van der Waals surface area contributed by atoms with Crippen LogP contribution in [0.25, 0.3) is 11.4 Å². The van der Waals surface area contributed by atoms with Crippen molar-refractivity contribution in [3.8, 4) is 11.4 Å². The molecule has 7 nitrogen and oxygen atoms in total. The Hall–Kier alpha value is -2.06. The van der Waals surface area contributed by atoms with Gasteiger partial charge in [0, 0.05) is 19.2 Å². The third-order valence-electron chi connectivity index (χ3n) is 3.23. The maximum absolute atomic E-state index is 12.0. The maximum atomic E-state index is 12.0. The highest BCUT2D eigenvalue weighted by atomic mass is 32.2. The minimum Gasteiger partial charge on any atom is -0.383 e. The Balaban J connectivity index is 2.04. The van der Waals surface area contributed by atoms with Crippen molar-refractivity contribution in [1.29, 1.82) is 0 Å². The largest absolute Gasteiger partial charge is 0.383 e. The molecule has 1 aromatic heterocycles. The molecule has 0 bridgehead atoms. The van der Waals surface area contributed by atoms with E-state index < -0.39 is 0 Å². The zero-order valence-corrected chi connectivity index (χ0v) is 14.3. The van der Waals surface area contributed by atoms with Crippen molar-refractivity contribution in [3.05, 3.63) is 29.8 Å². The average Bonchev–Trinajstić information content (AvgIpc) is 2.89. The summed E-state index contributed by atoms with van der Waals surface area (Å²) in [4.78, 5) is 12.0. The van der Waals surface area contributed by atoms with Gasteiger partial charge in [-0.2, -0.15) is 0 Å². The number of nitrogen functional groups attached to an aromatic ring is 1. The van der Waals surface area contributed by atoms with Crippen molar-refractivity contribution in [2.75, 3.05) is 26.1 Å². The first kappa shape index (κ1) is 17.3. The summed E-state index contributed by atoms with van der Waals surface area (Å²) in [5.41, 5.74) is 2.04. The molecule has 8 heteroatoms. The summed E-state index contributed by atoms with van der Waals surface area (Å²) in [5.74, 6) is 6.54. The van der Waals surface area contributed by atoms with Crippen LogP contribution in [-0.4, -0.2) is 46.3 Å². The van der Waals surface area contributed by atoms with Crippen molar-refractivity contribution in [2.45, 2.75) is 24.3 Å². The molecular formula is C15H21N5O2S. The number of rotatable bonds is 7. The van der Waals surface area contributed by atoms with Crippen LogP contribution in [0, 0.1) is 6.92 Å². The number of hydrogen-bond donors (Lipinski definition) is 2. The highest BCUT2D eigenvalue weighted by Gasteiger charge is 2.19. The van der Waals surface area contributed by atoms with Gasteiger partial charge in [0.25, 0.3) is 0 Å². The van der Waals surface area contributed by atoms with Crippen LogP contribution < -0.4 is 11.2 Å². The van der Waals surface area contributed by atoms with E-state index in [1.165, 1.54) is 16.4 Å². The lowest BCUT2D eigenvalue weighted by Crippen LogP contribution is -2.33. The molecule has 1 aromatic carbocycles. The standard InChI is InChI=1S/C15H21N5O2S/c1-10-4-6-12(7-5-10)13-18-19-15(20(13)16)23-11(2)14(21)17-8-9-22-3/h4-7,11H,8-9,16H2,1-3H3,(H,17,21)/t11-/m0/s1. The first-order chi connectivity index (χ1) is 11.0. The predicted octanol–water partition coefficient (Wildman–Crippen LogP) is 1.21. The first-order valence-electron chi connectivity index (χ1n) is 7.23. The van der Waals surface area contributed by atoms with Crippen LogP contribution in [-0.2, 0) is 9.53 Å².